The molecule has 2 aliphatic rings. The van der Waals surface area contributed by atoms with Gasteiger partial charge in [0.05, 0.1) is 17.3 Å². The second-order valence-corrected chi connectivity index (χ2v) is 10.7. The van der Waals surface area contributed by atoms with Crippen LogP contribution in [0, 0.1) is 17.8 Å². The summed E-state index contributed by atoms with van der Waals surface area (Å²) >= 11 is 0. The lowest BCUT2D eigenvalue weighted by molar-refractivity contribution is -0.157. The summed E-state index contributed by atoms with van der Waals surface area (Å²) in [5.41, 5.74) is 3.88. The van der Waals surface area contributed by atoms with Crippen LogP contribution in [0.25, 0.3) is 0 Å². The van der Waals surface area contributed by atoms with E-state index < -0.39 is 6.04 Å². The summed E-state index contributed by atoms with van der Waals surface area (Å²) in [6.07, 6.45) is 3.17. The Labute approximate surface area is 215 Å². The second-order valence-electron chi connectivity index (χ2n) is 10.7. The largest absolute Gasteiger partial charge is 0.460 e. The molecule has 0 amide bonds. The lowest BCUT2D eigenvalue weighted by Gasteiger charge is -2.38. The highest BCUT2D eigenvalue weighted by Gasteiger charge is 2.46. The summed E-state index contributed by atoms with van der Waals surface area (Å²) in [6, 6.07) is 29.9. The van der Waals surface area contributed by atoms with Gasteiger partial charge in [0.1, 0.15) is 6.10 Å². The van der Waals surface area contributed by atoms with Crippen molar-refractivity contribution in [3.05, 3.63) is 102 Å². The van der Waals surface area contributed by atoms with Gasteiger partial charge in [0, 0.05) is 0 Å². The van der Waals surface area contributed by atoms with E-state index in [1.807, 2.05) is 71.7 Å². The maximum atomic E-state index is 14.2. The lowest BCUT2D eigenvalue weighted by atomic mass is 9.75. The quantitative estimate of drug-likeness (QED) is 0.354. The molecule has 5 rings (SSSR count). The smallest absolute Gasteiger partial charge is 0.332 e. The number of rotatable bonds is 6. The minimum Gasteiger partial charge on any atom is -0.460 e. The van der Waals surface area contributed by atoms with Crippen LogP contribution in [0.3, 0.4) is 0 Å². The minimum absolute atomic E-state index is 0.0592. The van der Waals surface area contributed by atoms with Crippen molar-refractivity contribution < 1.29 is 9.53 Å². The average Bonchev–Trinajstić information content (AvgIpc) is 3.31. The van der Waals surface area contributed by atoms with Crippen LogP contribution >= 0.6 is 0 Å². The number of anilines is 1. The molecule has 3 aromatic rings. The lowest BCUT2D eigenvalue weighted by Crippen LogP contribution is -2.45. The van der Waals surface area contributed by atoms with Crippen LogP contribution in [-0.2, 0) is 9.53 Å². The van der Waals surface area contributed by atoms with Crippen molar-refractivity contribution in [3.8, 4) is 0 Å². The first kappa shape index (κ1) is 24.3. The Balaban J connectivity index is 1.57. The Morgan fingerprint density at radius 1 is 0.889 bits per heavy atom. The first-order valence-electron chi connectivity index (χ1n) is 13.3. The van der Waals surface area contributed by atoms with Crippen molar-refractivity contribution in [2.24, 2.45) is 22.9 Å². The summed E-state index contributed by atoms with van der Waals surface area (Å²) in [4.78, 5) is 14.2. The van der Waals surface area contributed by atoms with Gasteiger partial charge in [-0.1, -0.05) is 106 Å². The molecule has 0 spiro atoms. The van der Waals surface area contributed by atoms with Gasteiger partial charge in [-0.2, -0.15) is 5.10 Å². The summed E-state index contributed by atoms with van der Waals surface area (Å²) in [7, 11) is 0. The summed E-state index contributed by atoms with van der Waals surface area (Å²) in [6.45, 7) is 6.76. The molecule has 0 radical (unpaired) electrons. The van der Waals surface area contributed by atoms with Crippen molar-refractivity contribution in [1.82, 2.24) is 0 Å². The number of esters is 1. The van der Waals surface area contributed by atoms with E-state index in [0.717, 1.165) is 35.4 Å². The third-order valence-corrected chi connectivity index (χ3v) is 7.81. The molecule has 1 aliphatic carbocycles. The third-order valence-electron chi connectivity index (χ3n) is 7.81. The van der Waals surface area contributed by atoms with Gasteiger partial charge in [0.2, 0.25) is 0 Å². The zero-order chi connectivity index (χ0) is 25.1. The molecule has 1 saturated carbocycles. The van der Waals surface area contributed by atoms with Gasteiger partial charge in [-0.3, -0.25) is 0 Å². The predicted molar refractivity (Wildman–Crippen MR) is 146 cm³/mol. The molecule has 1 heterocycles. The third kappa shape index (κ3) is 4.95. The monoisotopic (exact) mass is 480 g/mol. The maximum absolute atomic E-state index is 14.2. The van der Waals surface area contributed by atoms with Gasteiger partial charge in [0.15, 0.2) is 6.04 Å². The van der Waals surface area contributed by atoms with Gasteiger partial charge in [-0.15, -0.1) is 0 Å². The van der Waals surface area contributed by atoms with Crippen LogP contribution in [0.1, 0.15) is 57.1 Å². The van der Waals surface area contributed by atoms with E-state index in [9.17, 15) is 4.79 Å². The maximum Gasteiger partial charge on any atom is 0.332 e. The molecule has 4 heteroatoms. The Bertz CT molecular complexity index is 1180. The van der Waals surface area contributed by atoms with E-state index in [4.69, 9.17) is 9.84 Å². The molecular weight excluding hydrogens is 444 g/mol. The summed E-state index contributed by atoms with van der Waals surface area (Å²) in [5, 5.41) is 6.99. The first-order valence-corrected chi connectivity index (χ1v) is 13.3. The fourth-order valence-corrected chi connectivity index (χ4v) is 5.88. The van der Waals surface area contributed by atoms with E-state index in [2.05, 4.69) is 45.0 Å². The van der Waals surface area contributed by atoms with Gasteiger partial charge in [-0.05, 0) is 53.9 Å². The SMILES string of the molecule is CC(C)[C@H]1CC[C@H](C)C[C@@H]1OC(=O)[C@H]1[C@H](c2ccccc2)C(c2ccccc2)=NN1c1ccccc1. The molecule has 1 fully saturated rings. The molecule has 186 valence electrons. The first-order chi connectivity index (χ1) is 17.5. The van der Waals surface area contributed by atoms with Gasteiger partial charge in [0.25, 0.3) is 0 Å². The van der Waals surface area contributed by atoms with Crippen LogP contribution < -0.4 is 5.01 Å². The van der Waals surface area contributed by atoms with Crippen LogP contribution in [0.15, 0.2) is 96.1 Å². The minimum atomic E-state index is -0.574. The highest BCUT2D eigenvalue weighted by molar-refractivity contribution is 6.11. The number of ether oxygens (including phenoxy) is 1. The van der Waals surface area contributed by atoms with Crippen LogP contribution in [0.5, 0.6) is 0 Å². The second kappa shape index (κ2) is 10.7. The zero-order valence-electron chi connectivity index (χ0n) is 21.5. The van der Waals surface area contributed by atoms with Crippen molar-refractivity contribution in [3.63, 3.8) is 0 Å². The molecule has 3 aromatic carbocycles. The van der Waals surface area contributed by atoms with E-state index in [0.29, 0.717) is 17.8 Å². The van der Waals surface area contributed by atoms with Crippen molar-refractivity contribution in [2.45, 2.75) is 58.1 Å². The van der Waals surface area contributed by atoms with Gasteiger partial charge >= 0.3 is 5.97 Å². The number of para-hydroxylation sites is 1. The van der Waals surface area contributed by atoms with E-state index in [-0.39, 0.29) is 18.0 Å². The summed E-state index contributed by atoms with van der Waals surface area (Å²) < 4.78 is 6.45. The Hall–Kier alpha value is -3.40. The van der Waals surface area contributed by atoms with Crippen LogP contribution in [0.2, 0.25) is 0 Å². The Morgan fingerprint density at radius 2 is 1.50 bits per heavy atom. The van der Waals surface area contributed by atoms with E-state index >= 15 is 0 Å². The number of hydrogen-bond acceptors (Lipinski definition) is 4. The number of hydrazone groups is 1. The summed E-state index contributed by atoms with van der Waals surface area (Å²) in [5.74, 6) is 1.01. The van der Waals surface area contributed by atoms with E-state index in [1.54, 1.807) is 0 Å². The van der Waals surface area contributed by atoms with Crippen LogP contribution in [-0.4, -0.2) is 23.8 Å². The molecular formula is C32H36N2O2. The van der Waals surface area contributed by atoms with Crippen molar-refractivity contribution >= 4 is 17.4 Å². The molecule has 5 atom stereocenters. The van der Waals surface area contributed by atoms with Gasteiger partial charge in [-0.25, -0.2) is 9.80 Å². The number of carbonyl (C=O) groups is 1. The highest BCUT2D eigenvalue weighted by atomic mass is 16.5. The Kier molecular flexibility index (Phi) is 7.22. The molecule has 0 saturated heterocycles. The standard InChI is InChI=1S/C32H36N2O2/c1-22(2)27-20-19-23(3)21-28(27)36-32(35)31-29(24-13-7-4-8-14-24)30(25-15-9-5-10-16-25)33-34(31)26-17-11-6-12-18-26/h4-18,22-23,27-29,31H,19-21H2,1-3H3/t23-,27+,28-,29+,31+/m0/s1. The van der Waals surface area contributed by atoms with E-state index in [1.165, 1.54) is 6.42 Å². The fourth-order valence-electron chi connectivity index (χ4n) is 5.88. The molecule has 36 heavy (non-hydrogen) atoms. The normalized spacial score (nSPS) is 26.1. The van der Waals surface area contributed by atoms with Gasteiger partial charge < -0.3 is 4.74 Å². The molecule has 0 bridgehead atoms. The topological polar surface area (TPSA) is 41.9 Å². The predicted octanol–water partition coefficient (Wildman–Crippen LogP) is 7.07. The number of hydrogen-bond donors (Lipinski definition) is 0. The fraction of sp³-hybridized carbons (Fsp3) is 0.375. The van der Waals surface area contributed by atoms with Crippen molar-refractivity contribution in [2.75, 3.05) is 5.01 Å². The number of nitrogens with zero attached hydrogens (tertiary/aromatic N) is 2. The molecule has 0 unspecified atom stereocenters. The van der Waals surface area contributed by atoms with Crippen LogP contribution in [0.4, 0.5) is 5.69 Å². The number of carbonyl (C=O) groups excluding carboxylic acids is 1. The van der Waals surface area contributed by atoms with Crippen molar-refractivity contribution in [1.29, 1.82) is 0 Å². The number of benzene rings is 3. The highest BCUT2D eigenvalue weighted by Crippen LogP contribution is 2.40. The Morgan fingerprint density at radius 3 is 2.14 bits per heavy atom. The zero-order valence-corrected chi connectivity index (χ0v) is 21.5. The molecule has 0 N–H and O–H groups in total. The molecule has 0 aromatic heterocycles. The molecule has 1 aliphatic heterocycles. The molecule has 4 nitrogen and oxygen atoms in total. The average molecular weight is 481 g/mol.